The summed E-state index contributed by atoms with van der Waals surface area (Å²) >= 11 is 0. The summed E-state index contributed by atoms with van der Waals surface area (Å²) in [6.45, 7) is 1.49. The summed E-state index contributed by atoms with van der Waals surface area (Å²) in [4.78, 5) is 31.4. The molecule has 1 atom stereocenters. The maximum absolute atomic E-state index is 11.9. The molecule has 8 heteroatoms. The fraction of sp³-hybridized carbons (Fsp3) is 0.412. The molecule has 1 aromatic carbocycles. The number of amides is 2. The molecule has 4 rings (SSSR count). The number of hydrogen-bond acceptors (Lipinski definition) is 6. The highest BCUT2D eigenvalue weighted by atomic mass is 16.5. The van der Waals surface area contributed by atoms with E-state index in [1.165, 1.54) is 0 Å². The van der Waals surface area contributed by atoms with E-state index < -0.39 is 0 Å². The van der Waals surface area contributed by atoms with Crippen molar-refractivity contribution in [2.45, 2.75) is 18.9 Å². The van der Waals surface area contributed by atoms with Crippen LogP contribution in [0, 0.1) is 0 Å². The fourth-order valence-electron chi connectivity index (χ4n) is 3.18. The van der Waals surface area contributed by atoms with Gasteiger partial charge in [0.2, 0.25) is 23.5 Å². The molecule has 0 aliphatic carbocycles. The first-order valence-electron chi connectivity index (χ1n) is 8.33. The molecular weight excluding hydrogens is 322 g/mol. The predicted molar refractivity (Wildman–Crippen MR) is 89.7 cm³/mol. The topological polar surface area (TPSA) is 91.6 Å². The standard InChI is InChI=1S/C17H19N5O3/c1-21-10-13(18-9-15(21)24)17-19-16(20-25-17)11-4-2-5-12(8-11)22-7-3-6-14(22)23/h2,4-5,8,13,18H,3,6-7,9-10H2,1H3. The van der Waals surface area contributed by atoms with Crippen LogP contribution in [-0.2, 0) is 9.59 Å². The van der Waals surface area contributed by atoms with Gasteiger partial charge in [0.1, 0.15) is 6.04 Å². The highest BCUT2D eigenvalue weighted by Crippen LogP contribution is 2.27. The second-order valence-corrected chi connectivity index (χ2v) is 6.36. The van der Waals surface area contributed by atoms with E-state index in [-0.39, 0.29) is 24.4 Å². The minimum absolute atomic E-state index is 0.0407. The van der Waals surface area contributed by atoms with Crippen molar-refractivity contribution in [1.82, 2.24) is 20.4 Å². The number of anilines is 1. The molecule has 0 saturated carbocycles. The number of nitrogens with one attached hydrogen (secondary N) is 1. The van der Waals surface area contributed by atoms with Crippen LogP contribution in [0.4, 0.5) is 5.69 Å². The number of piperazine rings is 1. The van der Waals surface area contributed by atoms with Crippen molar-refractivity contribution in [2.24, 2.45) is 0 Å². The van der Waals surface area contributed by atoms with Gasteiger partial charge in [0.25, 0.3) is 0 Å². The minimum atomic E-state index is -0.174. The number of carbonyl (C=O) groups excluding carboxylic acids is 2. The van der Waals surface area contributed by atoms with Gasteiger partial charge in [-0.05, 0) is 18.6 Å². The lowest BCUT2D eigenvalue weighted by atomic mass is 10.1. The molecule has 2 aliphatic rings. The van der Waals surface area contributed by atoms with Crippen molar-refractivity contribution in [3.63, 3.8) is 0 Å². The summed E-state index contributed by atoms with van der Waals surface area (Å²) in [7, 11) is 1.75. The summed E-state index contributed by atoms with van der Waals surface area (Å²) in [5, 5.41) is 7.16. The van der Waals surface area contributed by atoms with Gasteiger partial charge in [-0.2, -0.15) is 4.98 Å². The molecule has 2 amide bonds. The summed E-state index contributed by atoms with van der Waals surface area (Å²) < 4.78 is 5.39. The largest absolute Gasteiger partial charge is 0.343 e. The number of benzene rings is 1. The van der Waals surface area contributed by atoms with E-state index in [9.17, 15) is 9.59 Å². The third kappa shape index (κ3) is 3.00. The van der Waals surface area contributed by atoms with Crippen LogP contribution in [0.5, 0.6) is 0 Å². The number of aromatic nitrogens is 2. The molecule has 2 fully saturated rings. The molecular formula is C17H19N5O3. The Balaban J connectivity index is 1.56. The Morgan fingerprint density at radius 1 is 1.28 bits per heavy atom. The number of likely N-dealkylation sites (N-methyl/N-ethyl adjacent to an activating group) is 1. The Bertz CT molecular complexity index is 818. The van der Waals surface area contributed by atoms with Gasteiger partial charge in [0.05, 0.1) is 6.54 Å². The molecule has 0 spiro atoms. The molecule has 2 aliphatic heterocycles. The molecule has 1 N–H and O–H groups in total. The van der Waals surface area contributed by atoms with Crippen LogP contribution in [0.1, 0.15) is 24.8 Å². The molecule has 0 bridgehead atoms. The Morgan fingerprint density at radius 3 is 2.92 bits per heavy atom. The Kier molecular flexibility index (Phi) is 3.96. The van der Waals surface area contributed by atoms with Gasteiger partial charge in [0, 0.05) is 37.8 Å². The fourth-order valence-corrected chi connectivity index (χ4v) is 3.18. The Morgan fingerprint density at radius 2 is 2.16 bits per heavy atom. The van der Waals surface area contributed by atoms with E-state index in [2.05, 4.69) is 15.5 Å². The molecule has 2 saturated heterocycles. The first-order valence-corrected chi connectivity index (χ1v) is 8.33. The van der Waals surface area contributed by atoms with Crippen LogP contribution in [-0.4, -0.2) is 53.5 Å². The number of nitrogens with zero attached hydrogens (tertiary/aromatic N) is 4. The zero-order valence-corrected chi connectivity index (χ0v) is 13.9. The van der Waals surface area contributed by atoms with Crippen molar-refractivity contribution in [1.29, 1.82) is 0 Å². The maximum Gasteiger partial charge on any atom is 0.245 e. The maximum atomic E-state index is 11.9. The van der Waals surface area contributed by atoms with Gasteiger partial charge in [-0.25, -0.2) is 0 Å². The highest BCUT2D eigenvalue weighted by Gasteiger charge is 2.28. The normalized spacial score (nSPS) is 21.2. The van der Waals surface area contributed by atoms with Crippen molar-refractivity contribution in [2.75, 3.05) is 31.6 Å². The number of rotatable bonds is 3. The predicted octanol–water partition coefficient (Wildman–Crippen LogP) is 0.966. The lowest BCUT2D eigenvalue weighted by molar-refractivity contribution is -0.131. The van der Waals surface area contributed by atoms with Crippen LogP contribution < -0.4 is 10.2 Å². The van der Waals surface area contributed by atoms with E-state index in [0.29, 0.717) is 24.7 Å². The third-order valence-electron chi connectivity index (χ3n) is 4.61. The monoisotopic (exact) mass is 341 g/mol. The first-order chi connectivity index (χ1) is 12.1. The van der Waals surface area contributed by atoms with Gasteiger partial charge >= 0.3 is 0 Å². The molecule has 2 aromatic rings. The van der Waals surface area contributed by atoms with Crippen molar-refractivity contribution < 1.29 is 14.1 Å². The van der Waals surface area contributed by atoms with E-state index in [1.54, 1.807) is 16.8 Å². The van der Waals surface area contributed by atoms with Crippen molar-refractivity contribution >= 4 is 17.5 Å². The van der Waals surface area contributed by atoms with E-state index in [4.69, 9.17) is 4.52 Å². The summed E-state index contributed by atoms with van der Waals surface area (Å²) in [5.74, 6) is 1.12. The highest BCUT2D eigenvalue weighted by molar-refractivity contribution is 5.95. The summed E-state index contributed by atoms with van der Waals surface area (Å²) in [5.41, 5.74) is 1.65. The molecule has 0 radical (unpaired) electrons. The summed E-state index contributed by atoms with van der Waals surface area (Å²) in [6.07, 6.45) is 1.48. The van der Waals surface area contributed by atoms with Gasteiger partial charge < -0.3 is 14.3 Å². The van der Waals surface area contributed by atoms with Gasteiger partial charge in [-0.15, -0.1) is 0 Å². The average Bonchev–Trinajstić information content (AvgIpc) is 3.27. The second kappa shape index (κ2) is 6.29. The van der Waals surface area contributed by atoms with Crippen LogP contribution in [0.25, 0.3) is 11.4 Å². The average molecular weight is 341 g/mol. The quantitative estimate of drug-likeness (QED) is 0.894. The zero-order valence-electron chi connectivity index (χ0n) is 13.9. The smallest absolute Gasteiger partial charge is 0.245 e. The van der Waals surface area contributed by atoms with Crippen molar-refractivity contribution in [3.8, 4) is 11.4 Å². The third-order valence-corrected chi connectivity index (χ3v) is 4.61. The van der Waals surface area contributed by atoms with E-state index >= 15 is 0 Å². The zero-order chi connectivity index (χ0) is 17.4. The van der Waals surface area contributed by atoms with Crippen molar-refractivity contribution in [3.05, 3.63) is 30.2 Å². The van der Waals surface area contributed by atoms with Crippen LogP contribution in [0.15, 0.2) is 28.8 Å². The van der Waals surface area contributed by atoms with Crippen LogP contribution in [0.3, 0.4) is 0 Å². The Labute approximate surface area is 144 Å². The van der Waals surface area contributed by atoms with Crippen LogP contribution in [0.2, 0.25) is 0 Å². The van der Waals surface area contributed by atoms with Crippen LogP contribution >= 0.6 is 0 Å². The van der Waals surface area contributed by atoms with Gasteiger partial charge in [-0.3, -0.25) is 14.9 Å². The second-order valence-electron chi connectivity index (χ2n) is 6.36. The molecule has 1 aromatic heterocycles. The van der Waals surface area contributed by atoms with Gasteiger partial charge in [0.15, 0.2) is 0 Å². The van der Waals surface area contributed by atoms with E-state index in [1.807, 2.05) is 24.3 Å². The van der Waals surface area contributed by atoms with Gasteiger partial charge in [-0.1, -0.05) is 17.3 Å². The SMILES string of the molecule is CN1CC(c2nc(-c3cccc(N4CCCC4=O)c3)no2)NCC1=O. The minimum Gasteiger partial charge on any atom is -0.343 e. The summed E-state index contributed by atoms with van der Waals surface area (Å²) in [6, 6.07) is 7.42. The molecule has 3 heterocycles. The number of carbonyl (C=O) groups is 2. The molecule has 130 valence electrons. The number of hydrogen-bond donors (Lipinski definition) is 1. The van der Waals surface area contributed by atoms with E-state index in [0.717, 1.165) is 24.2 Å². The molecule has 8 nitrogen and oxygen atoms in total. The molecule has 25 heavy (non-hydrogen) atoms. The molecule has 1 unspecified atom stereocenters. The lowest BCUT2D eigenvalue weighted by Crippen LogP contribution is -2.47. The Hall–Kier alpha value is -2.74. The first kappa shape index (κ1) is 15.8. The lowest BCUT2D eigenvalue weighted by Gasteiger charge is -2.28.